The molecule has 4 nitrogen and oxygen atoms in total. The highest BCUT2D eigenvalue weighted by atomic mass is 35.5. The molecule has 1 unspecified atom stereocenters. The quantitative estimate of drug-likeness (QED) is 0.866. The van der Waals surface area contributed by atoms with Crippen LogP contribution in [0.1, 0.15) is 45.4 Å². The molecule has 118 valence electrons. The molecular weight excluding hydrogens is 274 g/mol. The summed E-state index contributed by atoms with van der Waals surface area (Å²) in [5.74, 6) is 0.977. The molecule has 0 aliphatic carbocycles. The standard InChI is InChI=1S/C15H29N3O.ClH/c1-13(16)14-6-10-17(11-7-14)12-15(19)18-8-4-2-3-5-9-18;/h13-14H,2-12,16H2,1H3;1H. The highest BCUT2D eigenvalue weighted by molar-refractivity contribution is 5.85. The largest absolute Gasteiger partial charge is 0.342 e. The highest BCUT2D eigenvalue weighted by Gasteiger charge is 2.24. The maximum Gasteiger partial charge on any atom is 0.236 e. The van der Waals surface area contributed by atoms with E-state index in [-0.39, 0.29) is 12.4 Å². The number of amides is 1. The van der Waals surface area contributed by atoms with Gasteiger partial charge in [0.05, 0.1) is 6.54 Å². The van der Waals surface area contributed by atoms with Crippen molar-refractivity contribution in [3.8, 4) is 0 Å². The van der Waals surface area contributed by atoms with E-state index in [4.69, 9.17) is 5.73 Å². The number of hydrogen-bond donors (Lipinski definition) is 1. The number of likely N-dealkylation sites (tertiary alicyclic amines) is 2. The molecule has 0 saturated carbocycles. The van der Waals surface area contributed by atoms with Crippen LogP contribution in [0.3, 0.4) is 0 Å². The van der Waals surface area contributed by atoms with Gasteiger partial charge in [0.1, 0.15) is 0 Å². The second kappa shape index (κ2) is 8.85. The van der Waals surface area contributed by atoms with Crippen molar-refractivity contribution in [2.45, 2.75) is 51.5 Å². The molecule has 0 spiro atoms. The van der Waals surface area contributed by atoms with E-state index in [0.29, 0.717) is 24.4 Å². The Balaban J connectivity index is 0.00000200. The molecule has 2 aliphatic rings. The first-order valence-corrected chi connectivity index (χ1v) is 7.92. The summed E-state index contributed by atoms with van der Waals surface area (Å²) in [6.45, 7) is 6.72. The van der Waals surface area contributed by atoms with E-state index in [0.717, 1.165) is 39.0 Å². The van der Waals surface area contributed by atoms with Crippen LogP contribution in [0.15, 0.2) is 0 Å². The van der Waals surface area contributed by atoms with Crippen LogP contribution < -0.4 is 5.73 Å². The molecule has 5 heteroatoms. The van der Waals surface area contributed by atoms with Gasteiger partial charge in [-0.15, -0.1) is 12.4 Å². The molecule has 0 bridgehead atoms. The fourth-order valence-electron chi connectivity index (χ4n) is 3.25. The summed E-state index contributed by atoms with van der Waals surface area (Å²) >= 11 is 0. The van der Waals surface area contributed by atoms with Gasteiger partial charge in [-0.3, -0.25) is 9.69 Å². The topological polar surface area (TPSA) is 49.6 Å². The van der Waals surface area contributed by atoms with Crippen LogP contribution >= 0.6 is 12.4 Å². The lowest BCUT2D eigenvalue weighted by molar-refractivity contribution is -0.132. The number of piperidine rings is 1. The summed E-state index contributed by atoms with van der Waals surface area (Å²) in [5, 5.41) is 0. The van der Waals surface area contributed by atoms with Gasteiger partial charge >= 0.3 is 0 Å². The van der Waals surface area contributed by atoms with Gasteiger partial charge in [0.25, 0.3) is 0 Å². The second-order valence-electron chi connectivity index (χ2n) is 6.27. The van der Waals surface area contributed by atoms with Gasteiger partial charge in [-0.2, -0.15) is 0 Å². The van der Waals surface area contributed by atoms with Gasteiger partial charge in [-0.25, -0.2) is 0 Å². The number of hydrogen-bond acceptors (Lipinski definition) is 3. The Hall–Kier alpha value is -0.320. The molecule has 2 heterocycles. The first kappa shape index (κ1) is 17.7. The van der Waals surface area contributed by atoms with E-state index in [1.165, 1.54) is 25.7 Å². The number of carbonyl (C=O) groups is 1. The molecule has 20 heavy (non-hydrogen) atoms. The van der Waals surface area contributed by atoms with E-state index in [1.807, 2.05) is 0 Å². The Bertz CT molecular complexity index is 283. The number of nitrogens with two attached hydrogens (primary N) is 1. The molecule has 0 aromatic heterocycles. The normalized spacial score (nSPS) is 23.8. The third-order valence-corrected chi connectivity index (χ3v) is 4.69. The van der Waals surface area contributed by atoms with Gasteiger partial charge in [0.2, 0.25) is 5.91 Å². The predicted octanol–water partition coefficient (Wildman–Crippen LogP) is 1.87. The van der Waals surface area contributed by atoms with Crippen molar-refractivity contribution in [3.63, 3.8) is 0 Å². The van der Waals surface area contributed by atoms with Crippen LogP contribution in [0.2, 0.25) is 0 Å². The zero-order valence-electron chi connectivity index (χ0n) is 12.7. The van der Waals surface area contributed by atoms with Crippen molar-refractivity contribution in [2.24, 2.45) is 11.7 Å². The lowest BCUT2D eigenvalue weighted by atomic mass is 9.91. The molecule has 0 radical (unpaired) electrons. The fourth-order valence-corrected chi connectivity index (χ4v) is 3.25. The summed E-state index contributed by atoms with van der Waals surface area (Å²) in [4.78, 5) is 16.7. The van der Waals surface area contributed by atoms with Crippen LogP contribution in [0.5, 0.6) is 0 Å². The number of carbonyl (C=O) groups excluding carboxylic acids is 1. The van der Waals surface area contributed by atoms with Crippen molar-refractivity contribution < 1.29 is 4.79 Å². The minimum atomic E-state index is 0. The van der Waals surface area contributed by atoms with E-state index in [9.17, 15) is 4.79 Å². The zero-order chi connectivity index (χ0) is 13.7. The Morgan fingerprint density at radius 1 is 1.10 bits per heavy atom. The molecule has 1 amide bonds. The second-order valence-corrected chi connectivity index (χ2v) is 6.27. The minimum absolute atomic E-state index is 0. The van der Waals surface area contributed by atoms with Crippen LogP contribution in [0.25, 0.3) is 0 Å². The van der Waals surface area contributed by atoms with E-state index in [2.05, 4.69) is 16.7 Å². The third kappa shape index (κ3) is 5.23. The van der Waals surface area contributed by atoms with Crippen LogP contribution in [-0.2, 0) is 4.79 Å². The van der Waals surface area contributed by atoms with Crippen LogP contribution in [0.4, 0.5) is 0 Å². The van der Waals surface area contributed by atoms with Crippen molar-refractivity contribution in [1.82, 2.24) is 9.80 Å². The minimum Gasteiger partial charge on any atom is -0.342 e. The Morgan fingerprint density at radius 3 is 2.15 bits per heavy atom. The smallest absolute Gasteiger partial charge is 0.236 e. The van der Waals surface area contributed by atoms with Gasteiger partial charge in [-0.1, -0.05) is 12.8 Å². The number of halogens is 1. The van der Waals surface area contributed by atoms with E-state index < -0.39 is 0 Å². The SMILES string of the molecule is CC(N)C1CCN(CC(=O)N2CCCCCC2)CC1.Cl. The monoisotopic (exact) mass is 303 g/mol. The van der Waals surface area contributed by atoms with Crippen molar-refractivity contribution in [1.29, 1.82) is 0 Å². The lowest BCUT2D eigenvalue weighted by Crippen LogP contribution is -2.45. The van der Waals surface area contributed by atoms with Crippen molar-refractivity contribution in [3.05, 3.63) is 0 Å². The van der Waals surface area contributed by atoms with Crippen LogP contribution in [-0.4, -0.2) is 54.5 Å². The summed E-state index contributed by atoms with van der Waals surface area (Å²) in [6, 6.07) is 0.295. The van der Waals surface area contributed by atoms with Crippen LogP contribution in [0, 0.1) is 5.92 Å². The number of rotatable bonds is 3. The van der Waals surface area contributed by atoms with Gasteiger partial charge < -0.3 is 10.6 Å². The first-order chi connectivity index (χ1) is 9.16. The summed E-state index contributed by atoms with van der Waals surface area (Å²) in [6.07, 6.45) is 7.21. The average molecular weight is 304 g/mol. The van der Waals surface area contributed by atoms with E-state index >= 15 is 0 Å². The lowest BCUT2D eigenvalue weighted by Gasteiger charge is -2.34. The summed E-state index contributed by atoms with van der Waals surface area (Å²) < 4.78 is 0. The molecule has 0 aromatic rings. The van der Waals surface area contributed by atoms with Crippen molar-refractivity contribution in [2.75, 3.05) is 32.7 Å². The average Bonchev–Trinajstić information content (AvgIpc) is 2.68. The molecule has 2 saturated heterocycles. The molecule has 2 N–H and O–H groups in total. The molecule has 1 atom stereocenters. The third-order valence-electron chi connectivity index (χ3n) is 4.69. The molecule has 2 rings (SSSR count). The molecular formula is C15H30ClN3O. The predicted molar refractivity (Wildman–Crippen MR) is 85.1 cm³/mol. The summed E-state index contributed by atoms with van der Waals surface area (Å²) in [7, 11) is 0. The fraction of sp³-hybridized carbons (Fsp3) is 0.933. The Kier molecular flexibility index (Phi) is 7.85. The zero-order valence-corrected chi connectivity index (χ0v) is 13.5. The molecule has 2 aliphatic heterocycles. The molecule has 2 fully saturated rings. The van der Waals surface area contributed by atoms with Crippen molar-refractivity contribution >= 4 is 18.3 Å². The van der Waals surface area contributed by atoms with Gasteiger partial charge in [0, 0.05) is 19.1 Å². The highest BCUT2D eigenvalue weighted by Crippen LogP contribution is 2.19. The van der Waals surface area contributed by atoms with E-state index in [1.54, 1.807) is 0 Å². The number of nitrogens with zero attached hydrogens (tertiary/aromatic N) is 2. The Morgan fingerprint density at radius 2 is 1.65 bits per heavy atom. The first-order valence-electron chi connectivity index (χ1n) is 7.92. The molecule has 0 aromatic carbocycles. The van der Waals surface area contributed by atoms with Gasteiger partial charge in [-0.05, 0) is 51.6 Å². The Labute approximate surface area is 129 Å². The van der Waals surface area contributed by atoms with Gasteiger partial charge in [0.15, 0.2) is 0 Å². The maximum atomic E-state index is 12.3. The summed E-state index contributed by atoms with van der Waals surface area (Å²) in [5.41, 5.74) is 5.95. The maximum absolute atomic E-state index is 12.3.